The minimum Gasteiger partial charge on any atom is -0.392 e. The van der Waals surface area contributed by atoms with E-state index in [0.717, 1.165) is 24.2 Å². The molecule has 0 atom stereocenters. The summed E-state index contributed by atoms with van der Waals surface area (Å²) < 4.78 is 24.3. The van der Waals surface area contributed by atoms with Gasteiger partial charge >= 0.3 is 0 Å². The fraction of sp³-hybridized carbons (Fsp3) is 0.545. The molecule has 2 N–H and O–H groups in total. The number of piperidine rings is 1. The summed E-state index contributed by atoms with van der Waals surface area (Å²) in [5.41, 5.74) is 2.64. The number of carbonyl (C=O) groups excluding carboxylic acids is 1. The number of fused-ring (bicyclic) bond motifs is 2. The number of amides is 1. The highest BCUT2D eigenvalue weighted by atomic mass is 35.5. The van der Waals surface area contributed by atoms with E-state index in [9.17, 15) is 18.3 Å². The molecular weight excluding hydrogens is 452 g/mol. The summed E-state index contributed by atoms with van der Waals surface area (Å²) in [6.07, 6.45) is 6.19. The molecule has 1 fully saturated rings. The van der Waals surface area contributed by atoms with Crippen LogP contribution in [-0.4, -0.2) is 59.2 Å². The van der Waals surface area contributed by atoms with E-state index in [1.54, 1.807) is 16.9 Å². The van der Waals surface area contributed by atoms with E-state index < -0.39 is 15.3 Å². The number of carbonyl (C=O) groups is 1. The highest BCUT2D eigenvalue weighted by Crippen LogP contribution is 2.47. The van der Waals surface area contributed by atoms with Crippen LogP contribution in [0.3, 0.4) is 0 Å². The largest absolute Gasteiger partial charge is 0.392 e. The highest BCUT2D eigenvalue weighted by molar-refractivity contribution is 7.90. The molecule has 0 saturated carbocycles. The minimum atomic E-state index is -3.03. The number of aryl methyl sites for hydroxylation is 1. The van der Waals surface area contributed by atoms with Crippen LogP contribution in [0.5, 0.6) is 0 Å². The predicted molar refractivity (Wildman–Crippen MR) is 125 cm³/mol. The number of nitrogens with one attached hydrogen (secondary N) is 1. The first-order valence-corrected chi connectivity index (χ1v) is 13.3. The van der Waals surface area contributed by atoms with Crippen molar-refractivity contribution in [3.05, 3.63) is 46.2 Å². The number of nitrogens with zero attached hydrogens (tertiary/aromatic N) is 3. The van der Waals surface area contributed by atoms with Crippen molar-refractivity contribution < 1.29 is 18.3 Å². The Labute approximate surface area is 194 Å². The number of benzene rings is 1. The Morgan fingerprint density at radius 2 is 1.94 bits per heavy atom. The number of anilines is 1. The zero-order chi connectivity index (χ0) is 23.5. The number of hydrogen-bond acceptors (Lipinski definition) is 6. The van der Waals surface area contributed by atoms with Crippen molar-refractivity contribution in [2.75, 3.05) is 30.4 Å². The number of aromatic nitrogens is 2. The maximum absolute atomic E-state index is 12.9. The van der Waals surface area contributed by atoms with E-state index in [-0.39, 0.29) is 18.3 Å². The van der Waals surface area contributed by atoms with E-state index in [1.807, 2.05) is 26.1 Å². The Balaban J connectivity index is 0.00000141. The monoisotopic (exact) mass is 482 g/mol. The maximum Gasteiger partial charge on any atom is 0.235 e. The molecule has 176 valence electrons. The fourth-order valence-electron chi connectivity index (χ4n) is 4.39. The van der Waals surface area contributed by atoms with Crippen LogP contribution in [0.25, 0.3) is 0 Å². The second kappa shape index (κ2) is 9.91. The Bertz CT molecular complexity index is 1080. The summed E-state index contributed by atoms with van der Waals surface area (Å²) in [6.45, 7) is 6.34. The van der Waals surface area contributed by atoms with Crippen molar-refractivity contribution in [2.24, 2.45) is 0 Å². The van der Waals surface area contributed by atoms with Gasteiger partial charge in [-0.1, -0.05) is 25.4 Å². The summed E-state index contributed by atoms with van der Waals surface area (Å²) in [7, 11) is -3.03. The van der Waals surface area contributed by atoms with Crippen LogP contribution in [0.4, 0.5) is 5.69 Å². The zero-order valence-electron chi connectivity index (χ0n) is 18.8. The van der Waals surface area contributed by atoms with Crippen LogP contribution in [0, 0.1) is 0 Å². The van der Waals surface area contributed by atoms with Crippen LogP contribution in [0.15, 0.2) is 24.5 Å². The summed E-state index contributed by atoms with van der Waals surface area (Å²) in [4.78, 5) is 15.2. The number of hydrogen-bond donors (Lipinski definition) is 2. The lowest BCUT2D eigenvalue weighted by atomic mass is 9.73. The van der Waals surface area contributed by atoms with Gasteiger partial charge in [0, 0.05) is 35.1 Å². The van der Waals surface area contributed by atoms with Gasteiger partial charge in [-0.3, -0.25) is 14.4 Å². The van der Waals surface area contributed by atoms with Gasteiger partial charge in [0.1, 0.15) is 9.84 Å². The second-order valence-corrected chi connectivity index (χ2v) is 10.9. The Morgan fingerprint density at radius 3 is 2.56 bits per heavy atom. The Morgan fingerprint density at radius 1 is 1.25 bits per heavy atom. The summed E-state index contributed by atoms with van der Waals surface area (Å²) in [6, 6.07) is 3.53. The average molecular weight is 483 g/mol. The lowest BCUT2D eigenvalue weighted by Gasteiger charge is -2.38. The predicted octanol–water partition coefficient (Wildman–Crippen LogP) is 2.59. The molecule has 1 saturated heterocycles. The molecule has 32 heavy (non-hydrogen) atoms. The number of rotatable bonds is 6. The number of likely N-dealkylation sites (tertiary alicyclic amines) is 1. The third-order valence-electron chi connectivity index (χ3n) is 6.04. The van der Waals surface area contributed by atoms with Crippen LogP contribution >= 0.6 is 11.6 Å². The minimum absolute atomic E-state index is 0.0253. The van der Waals surface area contributed by atoms with Gasteiger partial charge < -0.3 is 10.4 Å². The highest BCUT2D eigenvalue weighted by Gasteiger charge is 2.49. The van der Waals surface area contributed by atoms with Gasteiger partial charge in [0.05, 0.1) is 36.2 Å². The lowest BCUT2D eigenvalue weighted by Crippen LogP contribution is -2.46. The molecule has 1 spiro atoms. The molecular formula is C22H31ClN4O4S. The number of halogens is 1. The van der Waals surface area contributed by atoms with Gasteiger partial charge in [-0.15, -0.1) is 0 Å². The summed E-state index contributed by atoms with van der Waals surface area (Å²) >= 11 is 6.24. The van der Waals surface area contributed by atoms with Gasteiger partial charge in [0.2, 0.25) is 5.91 Å². The van der Waals surface area contributed by atoms with Crippen LogP contribution < -0.4 is 5.32 Å². The Kier molecular flexibility index (Phi) is 7.65. The number of sulfone groups is 1. The first kappa shape index (κ1) is 24.7. The van der Waals surface area contributed by atoms with E-state index in [0.29, 0.717) is 42.2 Å². The first-order valence-electron chi connectivity index (χ1n) is 10.9. The van der Waals surface area contributed by atoms with Crippen LogP contribution in [0.1, 0.15) is 43.4 Å². The van der Waals surface area contributed by atoms with Crippen molar-refractivity contribution in [3.63, 3.8) is 0 Å². The van der Waals surface area contributed by atoms with Crippen molar-refractivity contribution in [2.45, 2.75) is 51.8 Å². The molecule has 1 amide bonds. The molecule has 10 heteroatoms. The van der Waals surface area contributed by atoms with Crippen molar-refractivity contribution in [1.82, 2.24) is 14.7 Å². The van der Waals surface area contributed by atoms with Gasteiger partial charge in [0.15, 0.2) is 0 Å². The number of aliphatic hydroxyl groups is 1. The van der Waals surface area contributed by atoms with Crippen molar-refractivity contribution in [3.8, 4) is 0 Å². The van der Waals surface area contributed by atoms with Gasteiger partial charge in [-0.05, 0) is 43.6 Å². The molecule has 3 heterocycles. The molecule has 0 aliphatic carbocycles. The molecule has 0 bridgehead atoms. The molecule has 0 radical (unpaired) electrons. The fourth-order valence-corrected chi connectivity index (χ4v) is 5.15. The van der Waals surface area contributed by atoms with E-state index in [4.69, 9.17) is 11.6 Å². The SMILES string of the molecule is CC.CS(=O)(=O)CCn1cc(CN2CCC3(CC2)C(=O)Nc2c(CO)cc(Cl)cc23)cn1. The average Bonchev–Trinajstić information content (AvgIpc) is 3.32. The van der Waals surface area contributed by atoms with Crippen molar-refractivity contribution in [1.29, 1.82) is 0 Å². The van der Waals surface area contributed by atoms with Gasteiger partial charge in [-0.2, -0.15) is 5.10 Å². The summed E-state index contributed by atoms with van der Waals surface area (Å²) in [5.74, 6) is 0.0375. The molecule has 1 aromatic carbocycles. The van der Waals surface area contributed by atoms with Gasteiger partial charge in [-0.25, -0.2) is 8.42 Å². The molecule has 1 aromatic heterocycles. The second-order valence-electron chi connectivity index (χ2n) is 8.20. The molecule has 0 unspecified atom stereocenters. The third kappa shape index (κ3) is 5.17. The topological polar surface area (TPSA) is 105 Å². The number of aliphatic hydroxyl groups excluding tert-OH is 1. The van der Waals surface area contributed by atoms with E-state index >= 15 is 0 Å². The molecule has 2 aromatic rings. The van der Waals surface area contributed by atoms with E-state index in [2.05, 4.69) is 15.3 Å². The lowest BCUT2D eigenvalue weighted by molar-refractivity contribution is -0.122. The van der Waals surface area contributed by atoms with Gasteiger partial charge in [0.25, 0.3) is 0 Å². The summed E-state index contributed by atoms with van der Waals surface area (Å²) in [5, 5.41) is 17.4. The van der Waals surface area contributed by atoms with E-state index in [1.165, 1.54) is 6.26 Å². The van der Waals surface area contributed by atoms with Crippen LogP contribution in [0.2, 0.25) is 5.02 Å². The van der Waals surface area contributed by atoms with Crippen LogP contribution in [-0.2, 0) is 39.7 Å². The smallest absolute Gasteiger partial charge is 0.235 e. The van der Waals surface area contributed by atoms with Crippen molar-refractivity contribution >= 4 is 33.0 Å². The standard InChI is InChI=1S/C20H25ClN4O4S.C2H6/c1-30(28,29)7-6-25-12-14(10-22-25)11-24-4-2-20(3-5-24)17-9-16(21)8-15(13-26)18(17)23-19(20)27;1-2/h8-10,12,26H,2-7,11,13H2,1H3,(H,23,27);1-2H3. The normalized spacial score (nSPS) is 17.6. The molecule has 2 aliphatic heterocycles. The first-order chi connectivity index (χ1) is 15.2. The maximum atomic E-state index is 12.9. The quantitative estimate of drug-likeness (QED) is 0.655. The molecule has 2 aliphatic rings. The molecule has 4 rings (SSSR count). The third-order valence-corrected chi connectivity index (χ3v) is 7.18. The zero-order valence-corrected chi connectivity index (χ0v) is 20.3. The Hall–Kier alpha value is -1.94. The molecule has 8 nitrogen and oxygen atoms in total.